The van der Waals surface area contributed by atoms with Crippen LogP contribution in [0.2, 0.25) is 4.34 Å². The molecule has 0 amide bonds. The molecule has 2 rings (SSSR count). The maximum absolute atomic E-state index is 11.5. The molecular weight excluding hydrogens is 244 g/mol. The van der Waals surface area contributed by atoms with Gasteiger partial charge in [-0.15, -0.1) is 11.3 Å². The molecule has 16 heavy (non-hydrogen) atoms. The minimum Gasteiger partial charge on any atom is -0.465 e. The molecule has 0 aliphatic carbocycles. The van der Waals surface area contributed by atoms with Crippen molar-refractivity contribution in [2.75, 3.05) is 7.11 Å². The number of esters is 1. The van der Waals surface area contributed by atoms with Crippen molar-refractivity contribution in [2.45, 2.75) is 0 Å². The van der Waals surface area contributed by atoms with Gasteiger partial charge in [0.1, 0.15) is 0 Å². The molecule has 2 aromatic rings. The van der Waals surface area contributed by atoms with Crippen LogP contribution in [0.3, 0.4) is 0 Å². The van der Waals surface area contributed by atoms with Crippen LogP contribution in [0.4, 0.5) is 0 Å². The second-order valence-electron chi connectivity index (χ2n) is 3.15. The summed E-state index contributed by atoms with van der Waals surface area (Å²) in [6.45, 7) is 0. The van der Waals surface area contributed by atoms with Gasteiger partial charge in [0, 0.05) is 0 Å². The lowest BCUT2D eigenvalue weighted by Crippen LogP contribution is -2.00. The molecule has 0 aliphatic rings. The van der Waals surface area contributed by atoms with Crippen LogP contribution in [0.5, 0.6) is 0 Å². The fourth-order valence-electron chi connectivity index (χ4n) is 1.43. The molecule has 4 heteroatoms. The van der Waals surface area contributed by atoms with E-state index in [9.17, 15) is 4.79 Å². The first kappa shape index (κ1) is 11.2. The van der Waals surface area contributed by atoms with E-state index in [1.807, 2.05) is 30.3 Å². The van der Waals surface area contributed by atoms with Gasteiger partial charge in [-0.2, -0.15) is 0 Å². The van der Waals surface area contributed by atoms with E-state index in [1.54, 1.807) is 6.07 Å². The Morgan fingerprint density at radius 3 is 2.62 bits per heavy atom. The summed E-state index contributed by atoms with van der Waals surface area (Å²) in [7, 11) is 1.36. The van der Waals surface area contributed by atoms with Crippen LogP contribution in [0.15, 0.2) is 36.4 Å². The van der Waals surface area contributed by atoms with E-state index in [2.05, 4.69) is 0 Å². The highest BCUT2D eigenvalue weighted by atomic mass is 35.5. The van der Waals surface area contributed by atoms with Crippen LogP contribution in [-0.4, -0.2) is 13.1 Å². The van der Waals surface area contributed by atoms with Crippen LogP contribution in [0, 0.1) is 0 Å². The molecule has 0 unspecified atom stereocenters. The molecule has 0 fully saturated rings. The first-order chi connectivity index (χ1) is 7.72. The fourth-order valence-corrected chi connectivity index (χ4v) is 2.64. The molecule has 0 atom stereocenters. The second-order valence-corrected chi connectivity index (χ2v) is 4.83. The Balaban J connectivity index is 2.53. The molecule has 0 spiro atoms. The van der Waals surface area contributed by atoms with Gasteiger partial charge in [0.15, 0.2) is 0 Å². The minimum atomic E-state index is -0.359. The van der Waals surface area contributed by atoms with Crippen molar-refractivity contribution >= 4 is 28.9 Å². The number of methoxy groups -OCH3 is 1. The highest BCUT2D eigenvalue weighted by Crippen LogP contribution is 2.35. The Morgan fingerprint density at radius 1 is 1.31 bits per heavy atom. The number of hydrogen-bond acceptors (Lipinski definition) is 3. The Morgan fingerprint density at radius 2 is 2.00 bits per heavy atom. The largest absolute Gasteiger partial charge is 0.465 e. The third kappa shape index (κ3) is 2.10. The van der Waals surface area contributed by atoms with Crippen LogP contribution in [0.1, 0.15) is 10.4 Å². The molecule has 0 saturated heterocycles. The van der Waals surface area contributed by atoms with Gasteiger partial charge in [-0.25, -0.2) is 4.79 Å². The van der Waals surface area contributed by atoms with Crippen molar-refractivity contribution in [1.29, 1.82) is 0 Å². The molecule has 0 aliphatic heterocycles. The average molecular weight is 253 g/mol. The minimum absolute atomic E-state index is 0.359. The van der Waals surface area contributed by atoms with E-state index in [4.69, 9.17) is 16.3 Å². The number of rotatable bonds is 2. The van der Waals surface area contributed by atoms with Crippen LogP contribution in [0.25, 0.3) is 10.4 Å². The molecule has 0 radical (unpaired) electrons. The van der Waals surface area contributed by atoms with Crippen molar-refractivity contribution in [3.63, 3.8) is 0 Å². The van der Waals surface area contributed by atoms with Gasteiger partial charge in [0.25, 0.3) is 0 Å². The number of ether oxygens (including phenoxy) is 1. The lowest BCUT2D eigenvalue weighted by molar-refractivity contribution is 0.0602. The first-order valence-electron chi connectivity index (χ1n) is 4.65. The third-order valence-corrected chi connectivity index (χ3v) is 3.46. The summed E-state index contributed by atoms with van der Waals surface area (Å²) in [6, 6.07) is 11.3. The predicted octanol–water partition coefficient (Wildman–Crippen LogP) is 3.86. The summed E-state index contributed by atoms with van der Waals surface area (Å²) in [5.41, 5.74) is 1.49. The lowest BCUT2D eigenvalue weighted by Gasteiger charge is -2.01. The molecule has 0 bridgehead atoms. The third-order valence-electron chi connectivity index (χ3n) is 2.14. The Hall–Kier alpha value is -1.32. The van der Waals surface area contributed by atoms with E-state index in [0.717, 1.165) is 10.4 Å². The number of benzene rings is 1. The average Bonchev–Trinajstić information content (AvgIpc) is 2.71. The Labute approximate surface area is 102 Å². The molecule has 1 aromatic heterocycles. The van der Waals surface area contributed by atoms with E-state index in [1.165, 1.54) is 18.4 Å². The molecule has 82 valence electrons. The zero-order valence-corrected chi connectivity index (χ0v) is 10.1. The number of halogens is 1. The number of thiophene rings is 1. The second kappa shape index (κ2) is 4.68. The van der Waals surface area contributed by atoms with Gasteiger partial charge in [-0.1, -0.05) is 41.9 Å². The summed E-state index contributed by atoms with van der Waals surface area (Å²) >= 11 is 7.30. The Bertz CT molecular complexity index is 505. The van der Waals surface area contributed by atoms with Gasteiger partial charge in [0.05, 0.1) is 21.9 Å². The maximum atomic E-state index is 11.5. The number of hydrogen-bond donors (Lipinski definition) is 0. The standard InChI is InChI=1S/C12H9ClO2S/c1-15-12(14)9-7-10(13)16-11(9)8-5-3-2-4-6-8/h2-7H,1H3. The van der Waals surface area contributed by atoms with Crippen molar-refractivity contribution in [1.82, 2.24) is 0 Å². The van der Waals surface area contributed by atoms with E-state index >= 15 is 0 Å². The quantitative estimate of drug-likeness (QED) is 0.759. The zero-order chi connectivity index (χ0) is 11.5. The Kier molecular flexibility index (Phi) is 3.27. The smallest absolute Gasteiger partial charge is 0.339 e. The van der Waals surface area contributed by atoms with Gasteiger partial charge >= 0.3 is 5.97 Å². The first-order valence-corrected chi connectivity index (χ1v) is 5.85. The lowest BCUT2D eigenvalue weighted by atomic mass is 10.1. The van der Waals surface area contributed by atoms with Crippen molar-refractivity contribution in [3.8, 4) is 10.4 Å². The van der Waals surface area contributed by atoms with E-state index in [-0.39, 0.29) is 5.97 Å². The van der Waals surface area contributed by atoms with Gasteiger partial charge in [-0.3, -0.25) is 0 Å². The summed E-state index contributed by atoms with van der Waals surface area (Å²) in [6.07, 6.45) is 0. The highest BCUT2D eigenvalue weighted by Gasteiger charge is 2.16. The number of carbonyl (C=O) groups is 1. The normalized spacial score (nSPS) is 10.1. The van der Waals surface area contributed by atoms with Crippen molar-refractivity contribution < 1.29 is 9.53 Å². The highest BCUT2D eigenvalue weighted by molar-refractivity contribution is 7.19. The predicted molar refractivity (Wildman–Crippen MR) is 66.1 cm³/mol. The molecule has 0 saturated carbocycles. The fraction of sp³-hybridized carbons (Fsp3) is 0.0833. The van der Waals surface area contributed by atoms with Crippen LogP contribution < -0.4 is 0 Å². The van der Waals surface area contributed by atoms with Gasteiger partial charge < -0.3 is 4.74 Å². The zero-order valence-electron chi connectivity index (χ0n) is 8.57. The summed E-state index contributed by atoms with van der Waals surface area (Å²) in [5.74, 6) is -0.359. The molecule has 1 heterocycles. The SMILES string of the molecule is COC(=O)c1cc(Cl)sc1-c1ccccc1. The molecule has 0 N–H and O–H groups in total. The molecule has 2 nitrogen and oxygen atoms in total. The van der Waals surface area contributed by atoms with Gasteiger partial charge in [0.2, 0.25) is 0 Å². The van der Waals surface area contributed by atoms with Crippen LogP contribution >= 0.6 is 22.9 Å². The summed E-state index contributed by atoms with van der Waals surface area (Å²) in [5, 5.41) is 0. The monoisotopic (exact) mass is 252 g/mol. The van der Waals surface area contributed by atoms with Crippen molar-refractivity contribution in [2.24, 2.45) is 0 Å². The van der Waals surface area contributed by atoms with Crippen LogP contribution in [-0.2, 0) is 4.74 Å². The summed E-state index contributed by atoms with van der Waals surface area (Å²) in [4.78, 5) is 12.4. The van der Waals surface area contributed by atoms with Gasteiger partial charge in [-0.05, 0) is 11.6 Å². The van der Waals surface area contributed by atoms with Crippen molar-refractivity contribution in [3.05, 3.63) is 46.3 Å². The molecule has 1 aromatic carbocycles. The van der Waals surface area contributed by atoms with E-state index < -0.39 is 0 Å². The van der Waals surface area contributed by atoms with E-state index in [0.29, 0.717) is 9.90 Å². The number of carbonyl (C=O) groups excluding carboxylic acids is 1. The summed E-state index contributed by atoms with van der Waals surface area (Å²) < 4.78 is 5.30. The maximum Gasteiger partial charge on any atom is 0.339 e. The molecular formula is C12H9ClO2S. The topological polar surface area (TPSA) is 26.3 Å².